The molecule has 0 amide bonds. The zero-order valence-electron chi connectivity index (χ0n) is 17.5. The van der Waals surface area contributed by atoms with Gasteiger partial charge in [-0.25, -0.2) is 0 Å². The molecule has 0 aromatic heterocycles. The summed E-state index contributed by atoms with van der Waals surface area (Å²) in [4.78, 5) is 0. The summed E-state index contributed by atoms with van der Waals surface area (Å²) in [6.45, 7) is 6.65. The SMILES string of the molecule is CCCCCC([O][Bi]([O]C(CCCCC)SS)[O]C(CCCCC)SS)SS. The van der Waals surface area contributed by atoms with E-state index in [0.717, 1.165) is 38.5 Å². The monoisotopic (exact) mass is 704 g/mol. The molecule has 0 heterocycles. The summed E-state index contributed by atoms with van der Waals surface area (Å²) in [6.07, 6.45) is 13.7. The van der Waals surface area contributed by atoms with Gasteiger partial charge in [-0.05, 0) is 0 Å². The molecule has 10 heteroatoms. The van der Waals surface area contributed by atoms with Crippen molar-refractivity contribution >= 4 is 90.4 Å². The molecule has 0 fully saturated rings. The van der Waals surface area contributed by atoms with Crippen molar-refractivity contribution in [2.45, 2.75) is 114 Å². The fourth-order valence-electron chi connectivity index (χ4n) is 2.42. The van der Waals surface area contributed by atoms with Gasteiger partial charge in [0.2, 0.25) is 0 Å². The van der Waals surface area contributed by atoms with Crippen LogP contribution in [0.5, 0.6) is 0 Å². The van der Waals surface area contributed by atoms with Crippen LogP contribution < -0.4 is 0 Å². The van der Waals surface area contributed by atoms with Gasteiger partial charge in [-0.3, -0.25) is 0 Å². The molecule has 0 spiro atoms. The Balaban J connectivity index is 4.84. The van der Waals surface area contributed by atoms with Gasteiger partial charge in [0.1, 0.15) is 0 Å². The molecule has 0 radical (unpaired) electrons. The minimum absolute atomic E-state index is 0.0371. The van der Waals surface area contributed by atoms with Gasteiger partial charge in [0, 0.05) is 0 Å². The Kier molecular flexibility index (Phi) is 25.4. The molecule has 28 heavy (non-hydrogen) atoms. The first-order valence-corrected chi connectivity index (χ1v) is 20.4. The van der Waals surface area contributed by atoms with Crippen LogP contribution in [-0.2, 0) is 8.44 Å². The molecular formula is C18H39BiO3S6. The van der Waals surface area contributed by atoms with Crippen LogP contribution in [0, 0.1) is 0 Å². The van der Waals surface area contributed by atoms with Crippen LogP contribution in [-0.4, -0.2) is 39.4 Å². The Bertz CT molecular complexity index is 286. The van der Waals surface area contributed by atoms with Crippen molar-refractivity contribution in [1.82, 2.24) is 0 Å². The van der Waals surface area contributed by atoms with Crippen LogP contribution in [0.1, 0.15) is 97.8 Å². The van der Waals surface area contributed by atoms with Gasteiger partial charge < -0.3 is 0 Å². The van der Waals surface area contributed by atoms with E-state index in [9.17, 15) is 0 Å². The molecule has 0 saturated heterocycles. The van der Waals surface area contributed by atoms with Crippen molar-refractivity contribution in [2.75, 3.05) is 0 Å². The van der Waals surface area contributed by atoms with E-state index in [0.29, 0.717) is 0 Å². The van der Waals surface area contributed by atoms with Gasteiger partial charge in [-0.15, -0.1) is 0 Å². The van der Waals surface area contributed by atoms with E-state index in [-0.39, 0.29) is 16.3 Å². The summed E-state index contributed by atoms with van der Waals surface area (Å²) in [7, 11) is 4.42. The van der Waals surface area contributed by atoms with Crippen molar-refractivity contribution in [1.29, 1.82) is 0 Å². The van der Waals surface area contributed by atoms with Gasteiger partial charge in [0.25, 0.3) is 0 Å². The molecule has 0 aliphatic rings. The summed E-state index contributed by atoms with van der Waals surface area (Å²) >= 11 is 10.2. The fraction of sp³-hybridized carbons (Fsp3) is 1.00. The number of hydrogen-bond donors (Lipinski definition) is 3. The molecule has 0 aromatic rings. The average molecular weight is 705 g/mol. The van der Waals surface area contributed by atoms with E-state index in [2.05, 4.69) is 55.8 Å². The van der Waals surface area contributed by atoms with E-state index < -0.39 is 23.1 Å². The second kappa shape index (κ2) is 23.0. The van der Waals surface area contributed by atoms with E-state index in [4.69, 9.17) is 8.44 Å². The zero-order valence-corrected chi connectivity index (χ0v) is 26.1. The molecule has 3 nitrogen and oxygen atoms in total. The number of unbranched alkanes of at least 4 members (excludes halogenated alkanes) is 6. The van der Waals surface area contributed by atoms with Crippen molar-refractivity contribution in [2.24, 2.45) is 0 Å². The third kappa shape index (κ3) is 17.4. The standard InChI is InChI=1S/3C6H13OS2.Bi/c3*1-2-3-4-5-6(7)9-8;/h3*6,8H,2-5H2,1H3;/q3*-1;+3. The summed E-state index contributed by atoms with van der Waals surface area (Å²) in [5, 5.41) is 0. The first kappa shape index (κ1) is 30.9. The summed E-state index contributed by atoms with van der Waals surface area (Å²) < 4.78 is 19.1. The molecule has 0 aliphatic heterocycles. The second-order valence-corrected chi connectivity index (χ2v) is 14.9. The quantitative estimate of drug-likeness (QED) is 0.0365. The Morgan fingerprint density at radius 2 is 0.857 bits per heavy atom. The van der Waals surface area contributed by atoms with Crippen LogP contribution in [0.25, 0.3) is 0 Å². The number of hydrogen-bond acceptors (Lipinski definition) is 9. The van der Waals surface area contributed by atoms with Crippen LogP contribution in [0.4, 0.5) is 0 Å². The summed E-state index contributed by atoms with van der Waals surface area (Å²) in [5.41, 5.74) is 0.111. The Morgan fingerprint density at radius 1 is 0.571 bits per heavy atom. The third-order valence-corrected chi connectivity index (χ3v) is 14.6. The van der Waals surface area contributed by atoms with Gasteiger partial charge in [0.15, 0.2) is 0 Å². The summed E-state index contributed by atoms with van der Waals surface area (Å²) in [5.74, 6) is 0. The predicted octanol–water partition coefficient (Wildman–Crippen LogP) is 8.47. The van der Waals surface area contributed by atoms with Gasteiger partial charge in [-0.1, -0.05) is 0 Å². The fourth-order valence-corrected chi connectivity index (χ4v) is 14.6. The average Bonchev–Trinajstić information content (AvgIpc) is 2.71. The normalized spacial score (nSPS) is 15.1. The zero-order chi connectivity index (χ0) is 21.0. The van der Waals surface area contributed by atoms with Crippen molar-refractivity contribution in [3.05, 3.63) is 0 Å². The van der Waals surface area contributed by atoms with Gasteiger partial charge in [0.05, 0.1) is 0 Å². The van der Waals surface area contributed by atoms with Crippen molar-refractivity contribution in [3.63, 3.8) is 0 Å². The Hall–Kier alpha value is 2.86. The number of thiol groups is 3. The van der Waals surface area contributed by atoms with E-state index in [1.807, 2.05) is 0 Å². The molecule has 3 atom stereocenters. The molecule has 0 aliphatic carbocycles. The van der Waals surface area contributed by atoms with Gasteiger partial charge in [-0.2, -0.15) is 0 Å². The molecular weight excluding hydrogens is 666 g/mol. The van der Waals surface area contributed by atoms with E-state index >= 15 is 0 Å². The molecule has 0 saturated carbocycles. The summed E-state index contributed by atoms with van der Waals surface area (Å²) in [6, 6.07) is 0. The molecule has 170 valence electrons. The molecule has 3 unspecified atom stereocenters. The topological polar surface area (TPSA) is 27.7 Å². The first-order valence-electron chi connectivity index (χ1n) is 10.4. The van der Waals surface area contributed by atoms with E-state index in [1.54, 1.807) is 0 Å². The Labute approximate surface area is 211 Å². The molecule has 0 N–H and O–H groups in total. The Morgan fingerprint density at radius 3 is 1.07 bits per heavy atom. The van der Waals surface area contributed by atoms with Crippen LogP contribution in [0.3, 0.4) is 0 Å². The molecule has 0 aromatic carbocycles. The third-order valence-electron chi connectivity index (χ3n) is 4.09. The molecule has 0 rings (SSSR count). The first-order chi connectivity index (χ1) is 13.6. The van der Waals surface area contributed by atoms with Crippen molar-refractivity contribution in [3.8, 4) is 0 Å². The van der Waals surface area contributed by atoms with E-state index in [1.165, 1.54) is 70.9 Å². The molecule has 0 bridgehead atoms. The minimum atomic E-state index is -3.07. The number of rotatable bonds is 21. The van der Waals surface area contributed by atoms with Crippen LogP contribution in [0.15, 0.2) is 0 Å². The van der Waals surface area contributed by atoms with Crippen molar-refractivity contribution < 1.29 is 8.44 Å². The van der Waals surface area contributed by atoms with Gasteiger partial charge >= 0.3 is 213 Å². The maximum atomic E-state index is 6.37. The predicted molar refractivity (Wildman–Crippen MR) is 143 cm³/mol. The maximum absolute atomic E-state index is 6.37. The second-order valence-electron chi connectivity index (χ2n) is 6.63. The van der Waals surface area contributed by atoms with Crippen LogP contribution >= 0.6 is 67.4 Å². The van der Waals surface area contributed by atoms with Crippen LogP contribution in [0.2, 0.25) is 0 Å².